The van der Waals surface area contributed by atoms with Crippen molar-refractivity contribution in [2.24, 2.45) is 13.0 Å². The van der Waals surface area contributed by atoms with E-state index in [-0.39, 0.29) is 11.6 Å². The Morgan fingerprint density at radius 3 is 2.59 bits per heavy atom. The van der Waals surface area contributed by atoms with Gasteiger partial charge in [-0.15, -0.1) is 0 Å². The van der Waals surface area contributed by atoms with Crippen molar-refractivity contribution in [3.63, 3.8) is 0 Å². The average molecular weight is 430 g/mol. The number of benzene rings is 2. The molecule has 164 valence electrons. The first-order chi connectivity index (χ1) is 15.7. The number of imidazole rings is 1. The zero-order valence-electron chi connectivity index (χ0n) is 18.4. The summed E-state index contributed by atoms with van der Waals surface area (Å²) in [5.74, 6) is 0.813. The van der Waals surface area contributed by atoms with Crippen LogP contribution >= 0.6 is 0 Å². The number of hydrogen-bond donors (Lipinski definition) is 0. The van der Waals surface area contributed by atoms with E-state index in [0.717, 1.165) is 48.2 Å². The molecule has 6 heteroatoms. The minimum absolute atomic E-state index is 0.147. The Morgan fingerprint density at radius 2 is 1.84 bits per heavy atom. The van der Waals surface area contributed by atoms with E-state index in [4.69, 9.17) is 14.5 Å². The van der Waals surface area contributed by atoms with Gasteiger partial charge in [0.25, 0.3) is 5.56 Å². The lowest BCUT2D eigenvalue weighted by atomic mass is 9.86. The van der Waals surface area contributed by atoms with Gasteiger partial charge < -0.3 is 18.6 Å². The van der Waals surface area contributed by atoms with Crippen LogP contribution in [0.3, 0.4) is 0 Å². The Hall–Kier alpha value is -3.38. The molecule has 1 fully saturated rings. The lowest BCUT2D eigenvalue weighted by Gasteiger charge is -2.32. The second-order valence-electron chi connectivity index (χ2n) is 8.37. The molecule has 0 saturated carbocycles. The summed E-state index contributed by atoms with van der Waals surface area (Å²) in [6.45, 7) is 1.59. The Kier molecular flexibility index (Phi) is 5.53. The summed E-state index contributed by atoms with van der Waals surface area (Å²) in [5, 5.41) is 0. The molecule has 3 heterocycles. The summed E-state index contributed by atoms with van der Waals surface area (Å²) in [4.78, 5) is 17.0. The molecule has 0 N–H and O–H groups in total. The molecule has 5 rings (SSSR count). The van der Waals surface area contributed by atoms with Crippen LogP contribution in [0, 0.1) is 5.92 Å². The van der Waals surface area contributed by atoms with Gasteiger partial charge in [0.05, 0.1) is 30.5 Å². The summed E-state index contributed by atoms with van der Waals surface area (Å²) >= 11 is 0. The average Bonchev–Trinajstić information content (AvgIpc) is 3.25. The van der Waals surface area contributed by atoms with Gasteiger partial charge in [-0.25, -0.2) is 4.98 Å². The fourth-order valence-corrected chi connectivity index (χ4v) is 4.75. The largest absolute Gasteiger partial charge is 0.491 e. The maximum atomic E-state index is 12.2. The fourth-order valence-electron chi connectivity index (χ4n) is 4.75. The van der Waals surface area contributed by atoms with Gasteiger partial charge in [0.15, 0.2) is 5.75 Å². The smallest absolute Gasteiger partial charge is 0.292 e. The van der Waals surface area contributed by atoms with Crippen molar-refractivity contribution in [1.29, 1.82) is 0 Å². The van der Waals surface area contributed by atoms with Crippen LogP contribution in [-0.4, -0.2) is 34.4 Å². The zero-order chi connectivity index (χ0) is 22.1. The second kappa shape index (κ2) is 8.63. The van der Waals surface area contributed by atoms with E-state index in [0.29, 0.717) is 11.7 Å². The number of nitrogens with zero attached hydrogens (tertiary/aromatic N) is 3. The van der Waals surface area contributed by atoms with Crippen LogP contribution in [0.5, 0.6) is 5.75 Å². The van der Waals surface area contributed by atoms with E-state index in [2.05, 4.69) is 41.0 Å². The molecule has 6 nitrogen and oxygen atoms in total. The van der Waals surface area contributed by atoms with Gasteiger partial charge in [-0.2, -0.15) is 0 Å². The molecule has 0 unspecified atom stereocenters. The summed E-state index contributed by atoms with van der Waals surface area (Å²) in [6.07, 6.45) is 5.86. The van der Waals surface area contributed by atoms with E-state index < -0.39 is 0 Å². The van der Waals surface area contributed by atoms with Crippen LogP contribution in [-0.2, 0) is 11.8 Å². The number of hydrogen-bond acceptors (Lipinski definition) is 4. The van der Waals surface area contributed by atoms with Gasteiger partial charge in [-0.1, -0.05) is 36.4 Å². The van der Waals surface area contributed by atoms with Crippen molar-refractivity contribution in [2.45, 2.75) is 18.9 Å². The molecule has 0 spiro atoms. The van der Waals surface area contributed by atoms with Gasteiger partial charge in [0.1, 0.15) is 0 Å². The lowest BCUT2D eigenvalue weighted by Crippen LogP contribution is -2.26. The highest BCUT2D eigenvalue weighted by atomic mass is 16.5. The molecule has 2 aromatic carbocycles. The van der Waals surface area contributed by atoms with Gasteiger partial charge >= 0.3 is 0 Å². The number of aryl methyl sites for hydroxylation is 1. The molecule has 1 saturated heterocycles. The Bertz CT molecular complexity index is 1290. The first kappa shape index (κ1) is 20.5. The Morgan fingerprint density at radius 1 is 1.06 bits per heavy atom. The first-order valence-electron chi connectivity index (χ1n) is 11.0. The van der Waals surface area contributed by atoms with Crippen molar-refractivity contribution in [2.75, 3.05) is 20.3 Å². The van der Waals surface area contributed by atoms with Crippen molar-refractivity contribution in [1.82, 2.24) is 14.1 Å². The van der Waals surface area contributed by atoms with Crippen LogP contribution in [0.15, 0.2) is 71.9 Å². The number of fused-ring (bicyclic) bond motifs is 1. The van der Waals surface area contributed by atoms with Gasteiger partial charge in [0.2, 0.25) is 0 Å². The minimum Gasteiger partial charge on any atom is -0.491 e. The van der Waals surface area contributed by atoms with Crippen molar-refractivity contribution in [3.8, 4) is 16.9 Å². The number of rotatable bonds is 5. The van der Waals surface area contributed by atoms with E-state index in [1.165, 1.54) is 12.7 Å². The molecular formula is C26H27N3O3. The third-order valence-electron chi connectivity index (χ3n) is 6.43. The SMILES string of the molecule is COc1cc(-c2ccc3ncn([C@H](c4ccccc4)C4CCOCC4)c3c2)cn(C)c1=O. The van der Waals surface area contributed by atoms with Gasteiger partial charge in [-0.05, 0) is 48.1 Å². The van der Waals surface area contributed by atoms with Crippen LogP contribution in [0.1, 0.15) is 24.4 Å². The van der Waals surface area contributed by atoms with Crippen molar-refractivity contribution in [3.05, 3.63) is 83.0 Å². The molecular weight excluding hydrogens is 402 g/mol. The van der Waals surface area contributed by atoms with Gasteiger partial charge in [-0.3, -0.25) is 4.79 Å². The highest BCUT2D eigenvalue weighted by Gasteiger charge is 2.28. The summed E-state index contributed by atoms with van der Waals surface area (Å²) in [6, 6.07) is 18.9. The second-order valence-corrected chi connectivity index (χ2v) is 8.37. The highest BCUT2D eigenvalue weighted by Crippen LogP contribution is 2.36. The maximum Gasteiger partial charge on any atom is 0.292 e. The molecule has 4 aromatic rings. The number of methoxy groups -OCH3 is 1. The van der Waals surface area contributed by atoms with Crippen molar-refractivity contribution < 1.29 is 9.47 Å². The quantitative estimate of drug-likeness (QED) is 0.471. The minimum atomic E-state index is -0.147. The number of aromatic nitrogens is 3. The molecule has 0 aliphatic carbocycles. The van der Waals surface area contributed by atoms with E-state index in [1.54, 1.807) is 17.7 Å². The molecule has 0 bridgehead atoms. The van der Waals surface area contributed by atoms with E-state index >= 15 is 0 Å². The van der Waals surface area contributed by atoms with E-state index in [9.17, 15) is 4.79 Å². The zero-order valence-corrected chi connectivity index (χ0v) is 18.4. The molecule has 0 radical (unpaired) electrons. The van der Waals surface area contributed by atoms with Crippen LogP contribution in [0.4, 0.5) is 0 Å². The Balaban J connectivity index is 1.64. The maximum absolute atomic E-state index is 12.2. The van der Waals surface area contributed by atoms with E-state index in [1.807, 2.05) is 24.7 Å². The van der Waals surface area contributed by atoms with Crippen LogP contribution < -0.4 is 10.3 Å². The molecule has 2 aromatic heterocycles. The van der Waals surface area contributed by atoms with Gasteiger partial charge in [0, 0.05) is 32.0 Å². The first-order valence-corrected chi connectivity index (χ1v) is 11.0. The fraction of sp³-hybridized carbons (Fsp3) is 0.308. The van der Waals surface area contributed by atoms with Crippen molar-refractivity contribution >= 4 is 11.0 Å². The molecule has 1 atom stereocenters. The summed E-state index contributed by atoms with van der Waals surface area (Å²) in [5.41, 5.74) is 5.13. The summed E-state index contributed by atoms with van der Waals surface area (Å²) < 4.78 is 14.8. The molecule has 0 amide bonds. The highest BCUT2D eigenvalue weighted by molar-refractivity contribution is 5.82. The summed E-state index contributed by atoms with van der Waals surface area (Å²) in [7, 11) is 3.27. The van der Waals surface area contributed by atoms with Crippen LogP contribution in [0.2, 0.25) is 0 Å². The Labute approximate surface area is 187 Å². The lowest BCUT2D eigenvalue weighted by molar-refractivity contribution is 0.0547. The van der Waals surface area contributed by atoms with Crippen LogP contribution in [0.25, 0.3) is 22.2 Å². The third kappa shape index (κ3) is 3.71. The number of ether oxygens (including phenoxy) is 2. The monoisotopic (exact) mass is 429 g/mol. The topological polar surface area (TPSA) is 58.3 Å². The standard InChI is InChI=1S/C26H27N3O3/c1-28-16-21(15-24(31-2)26(28)30)20-8-9-22-23(14-20)29(17-27-22)25(18-6-4-3-5-7-18)19-10-12-32-13-11-19/h3-9,14-17,19,25H,10-13H2,1-2H3/t25-/m1/s1. The predicted molar refractivity (Wildman–Crippen MR) is 125 cm³/mol. The molecule has 1 aliphatic rings. The predicted octanol–water partition coefficient (Wildman–Crippen LogP) is 4.43. The molecule has 1 aliphatic heterocycles. The number of pyridine rings is 1. The third-order valence-corrected chi connectivity index (χ3v) is 6.43. The molecule has 32 heavy (non-hydrogen) atoms. The normalized spacial score (nSPS) is 15.7.